The van der Waals surface area contributed by atoms with E-state index in [1.807, 2.05) is 18.2 Å². The van der Waals surface area contributed by atoms with Gasteiger partial charge in [-0.05, 0) is 18.2 Å². The maximum absolute atomic E-state index is 6.05. The number of rotatable bonds is 7. The number of anilines is 1. The number of hydrogen-bond donors (Lipinski definition) is 3. The van der Waals surface area contributed by atoms with Crippen molar-refractivity contribution >= 4 is 59.0 Å². The molecule has 0 amide bonds. The SMILES string of the molecule is CN=C(NCCNc1ncc(Cl)cc1Cl)NCCc1ccccn1.I. The Balaban J connectivity index is 0.00000312. The second-order valence-electron chi connectivity index (χ2n) is 4.91. The van der Waals surface area contributed by atoms with E-state index in [1.54, 1.807) is 25.5 Å². The van der Waals surface area contributed by atoms with E-state index < -0.39 is 0 Å². The summed E-state index contributed by atoms with van der Waals surface area (Å²) in [4.78, 5) is 12.6. The standard InChI is InChI=1S/C16H20Cl2N6.HI/c1-19-16(22-7-5-13-4-2-3-6-20-13)23-9-8-21-15-14(18)10-12(17)11-24-15;/h2-4,6,10-11H,5,7-9H2,1H3,(H,21,24)(H2,19,22,23);1H. The van der Waals surface area contributed by atoms with Crippen LogP contribution >= 0.6 is 47.2 Å². The molecule has 0 aliphatic heterocycles. The van der Waals surface area contributed by atoms with Gasteiger partial charge < -0.3 is 16.0 Å². The molecule has 0 bridgehead atoms. The fraction of sp³-hybridized carbons (Fsp3) is 0.312. The van der Waals surface area contributed by atoms with E-state index in [0.29, 0.717) is 29.0 Å². The van der Waals surface area contributed by atoms with E-state index in [2.05, 4.69) is 30.9 Å². The van der Waals surface area contributed by atoms with E-state index in [-0.39, 0.29) is 24.0 Å². The largest absolute Gasteiger partial charge is 0.367 e. The van der Waals surface area contributed by atoms with Crippen molar-refractivity contribution < 1.29 is 0 Å². The zero-order chi connectivity index (χ0) is 17.2. The third kappa shape index (κ3) is 8.06. The van der Waals surface area contributed by atoms with Crippen molar-refractivity contribution in [3.63, 3.8) is 0 Å². The summed E-state index contributed by atoms with van der Waals surface area (Å²) in [6.07, 6.45) is 4.19. The number of aliphatic imine (C=N–C) groups is 1. The average Bonchev–Trinajstić information content (AvgIpc) is 2.59. The molecule has 0 spiro atoms. The van der Waals surface area contributed by atoms with Gasteiger partial charge in [0.1, 0.15) is 5.82 Å². The summed E-state index contributed by atoms with van der Waals surface area (Å²) in [6, 6.07) is 7.55. The molecule has 2 aromatic rings. The van der Waals surface area contributed by atoms with Crippen LogP contribution in [0, 0.1) is 0 Å². The third-order valence-corrected chi connectivity index (χ3v) is 3.64. The Morgan fingerprint density at radius 2 is 1.92 bits per heavy atom. The van der Waals surface area contributed by atoms with E-state index in [1.165, 1.54) is 0 Å². The highest BCUT2D eigenvalue weighted by Gasteiger charge is 2.02. The predicted octanol–water partition coefficient (Wildman–Crippen LogP) is 3.22. The van der Waals surface area contributed by atoms with Gasteiger partial charge in [0, 0.05) is 51.2 Å². The van der Waals surface area contributed by atoms with Crippen LogP contribution in [0.5, 0.6) is 0 Å². The summed E-state index contributed by atoms with van der Waals surface area (Å²) in [5.74, 6) is 1.35. The van der Waals surface area contributed by atoms with Crippen LogP contribution in [0.3, 0.4) is 0 Å². The zero-order valence-electron chi connectivity index (χ0n) is 13.8. The van der Waals surface area contributed by atoms with Crippen LogP contribution in [0.4, 0.5) is 5.82 Å². The normalized spacial score (nSPS) is 10.8. The molecule has 0 unspecified atom stereocenters. The highest BCUT2D eigenvalue weighted by molar-refractivity contribution is 14.0. The maximum Gasteiger partial charge on any atom is 0.191 e. The number of pyridine rings is 2. The fourth-order valence-electron chi connectivity index (χ4n) is 1.98. The zero-order valence-corrected chi connectivity index (χ0v) is 17.6. The summed E-state index contributed by atoms with van der Waals surface area (Å²) in [5.41, 5.74) is 1.05. The maximum atomic E-state index is 6.05. The Bertz CT molecular complexity index is 669. The van der Waals surface area contributed by atoms with Crippen LogP contribution < -0.4 is 16.0 Å². The van der Waals surface area contributed by atoms with E-state index >= 15 is 0 Å². The summed E-state index contributed by atoms with van der Waals surface area (Å²) in [7, 11) is 1.74. The van der Waals surface area contributed by atoms with Crippen molar-refractivity contribution in [1.29, 1.82) is 0 Å². The number of hydrogen-bond acceptors (Lipinski definition) is 4. The molecule has 0 aliphatic rings. The smallest absolute Gasteiger partial charge is 0.191 e. The van der Waals surface area contributed by atoms with Gasteiger partial charge in [0.25, 0.3) is 0 Å². The van der Waals surface area contributed by atoms with Gasteiger partial charge in [-0.1, -0.05) is 29.3 Å². The van der Waals surface area contributed by atoms with E-state index in [4.69, 9.17) is 23.2 Å². The minimum absolute atomic E-state index is 0. The van der Waals surface area contributed by atoms with Gasteiger partial charge in [-0.15, -0.1) is 24.0 Å². The lowest BCUT2D eigenvalue weighted by Crippen LogP contribution is -2.40. The molecule has 3 N–H and O–H groups in total. The molecule has 0 saturated carbocycles. The average molecular weight is 495 g/mol. The Hall–Kier alpha value is -1.32. The lowest BCUT2D eigenvalue weighted by molar-refractivity contribution is 0.787. The number of guanidine groups is 1. The van der Waals surface area contributed by atoms with Crippen LogP contribution in [0.15, 0.2) is 41.7 Å². The monoisotopic (exact) mass is 494 g/mol. The second-order valence-corrected chi connectivity index (χ2v) is 5.75. The van der Waals surface area contributed by atoms with Crippen LogP contribution in [0.25, 0.3) is 0 Å². The second kappa shape index (κ2) is 12.1. The van der Waals surface area contributed by atoms with Crippen LogP contribution in [0.2, 0.25) is 10.0 Å². The van der Waals surface area contributed by atoms with Crippen LogP contribution in [0.1, 0.15) is 5.69 Å². The number of aromatic nitrogens is 2. The fourth-order valence-corrected chi connectivity index (χ4v) is 2.43. The third-order valence-electron chi connectivity index (χ3n) is 3.14. The summed E-state index contributed by atoms with van der Waals surface area (Å²) in [6.45, 7) is 2.08. The molecule has 0 aromatic carbocycles. The first kappa shape index (κ1) is 21.7. The van der Waals surface area contributed by atoms with Gasteiger partial charge in [0.05, 0.1) is 10.0 Å². The van der Waals surface area contributed by atoms with Gasteiger partial charge in [-0.3, -0.25) is 9.98 Å². The van der Waals surface area contributed by atoms with Gasteiger partial charge in [0.2, 0.25) is 0 Å². The van der Waals surface area contributed by atoms with Crippen molar-refractivity contribution in [3.8, 4) is 0 Å². The topological polar surface area (TPSA) is 74.2 Å². The molecule has 0 saturated heterocycles. The quantitative estimate of drug-likeness (QED) is 0.238. The van der Waals surface area contributed by atoms with Crippen molar-refractivity contribution in [1.82, 2.24) is 20.6 Å². The Labute approximate surface area is 174 Å². The molecule has 136 valence electrons. The highest BCUT2D eigenvalue weighted by atomic mass is 127. The van der Waals surface area contributed by atoms with Gasteiger partial charge in [-0.2, -0.15) is 0 Å². The molecule has 0 radical (unpaired) electrons. The first-order chi connectivity index (χ1) is 11.7. The Morgan fingerprint density at radius 3 is 2.60 bits per heavy atom. The molecule has 0 atom stereocenters. The van der Waals surface area contributed by atoms with Crippen LogP contribution in [-0.4, -0.2) is 42.6 Å². The number of halogens is 3. The first-order valence-electron chi connectivity index (χ1n) is 7.58. The molecule has 2 aromatic heterocycles. The van der Waals surface area contributed by atoms with Crippen molar-refractivity contribution in [2.75, 3.05) is 32.0 Å². The molecule has 0 aliphatic carbocycles. The summed E-state index contributed by atoms with van der Waals surface area (Å²) < 4.78 is 0. The number of nitrogens with one attached hydrogen (secondary N) is 3. The minimum Gasteiger partial charge on any atom is -0.367 e. The lowest BCUT2D eigenvalue weighted by atomic mass is 10.3. The minimum atomic E-state index is 0. The van der Waals surface area contributed by atoms with E-state index in [9.17, 15) is 0 Å². The molecule has 2 rings (SSSR count). The predicted molar refractivity (Wildman–Crippen MR) is 115 cm³/mol. The van der Waals surface area contributed by atoms with Crippen molar-refractivity contribution in [2.45, 2.75) is 6.42 Å². The van der Waals surface area contributed by atoms with Gasteiger partial charge in [0.15, 0.2) is 5.96 Å². The van der Waals surface area contributed by atoms with Crippen LogP contribution in [-0.2, 0) is 6.42 Å². The molecule has 25 heavy (non-hydrogen) atoms. The van der Waals surface area contributed by atoms with E-state index in [0.717, 1.165) is 24.6 Å². The molecule has 2 heterocycles. The van der Waals surface area contributed by atoms with Crippen molar-refractivity contribution in [2.24, 2.45) is 4.99 Å². The first-order valence-corrected chi connectivity index (χ1v) is 8.34. The lowest BCUT2D eigenvalue weighted by Gasteiger charge is -2.12. The molecule has 6 nitrogen and oxygen atoms in total. The Morgan fingerprint density at radius 1 is 1.12 bits per heavy atom. The summed E-state index contributed by atoms with van der Waals surface area (Å²) in [5, 5.41) is 10.6. The number of nitrogens with zero attached hydrogens (tertiary/aromatic N) is 3. The molecular formula is C16H21Cl2IN6. The Kier molecular flexibility index (Phi) is 10.5. The highest BCUT2D eigenvalue weighted by Crippen LogP contribution is 2.21. The van der Waals surface area contributed by atoms with Crippen molar-refractivity contribution in [3.05, 3.63) is 52.4 Å². The molecule has 0 fully saturated rings. The molecular weight excluding hydrogens is 474 g/mol. The van der Waals surface area contributed by atoms with Gasteiger partial charge >= 0.3 is 0 Å². The molecule has 9 heteroatoms. The summed E-state index contributed by atoms with van der Waals surface area (Å²) >= 11 is 11.9. The van der Waals surface area contributed by atoms with Gasteiger partial charge in [-0.25, -0.2) is 4.98 Å².